The zero-order valence-electron chi connectivity index (χ0n) is 23.1. The normalized spacial score (nSPS) is 10.2. The van der Waals surface area contributed by atoms with Crippen molar-refractivity contribution >= 4 is 46.3 Å². The zero-order valence-corrected chi connectivity index (χ0v) is 23.1. The average molecular weight is 519 g/mol. The van der Waals surface area contributed by atoms with E-state index in [2.05, 4.69) is 54.1 Å². The Balaban J connectivity index is 0.000000663. The summed E-state index contributed by atoms with van der Waals surface area (Å²) in [5, 5.41) is 27.7. The molecule has 0 spiro atoms. The van der Waals surface area contributed by atoms with Crippen molar-refractivity contribution in [1.29, 1.82) is 5.41 Å². The van der Waals surface area contributed by atoms with E-state index in [1.807, 2.05) is 69.5 Å². The first-order valence-corrected chi connectivity index (χ1v) is 12.6. The molecule has 2 heterocycles. The standard InChI is InChI=1S/C24H21BN2O2.C4H6.C3H5N.C2H6/c1-3-5-8-20(4-2)27-23-12-9-17(18-7-6-13-26-16-18)14-22(23)21-11-10-19(25(28)29)15-24(21)27;1-3-4-2;1-2-3-4;1-2/h3-16,28-29H,1H2,2H3;3-4H,1-2H2;2-4H,1H2;1-2H3/b8-5-,20-4+;;;. The number of pyridine rings is 1. The minimum Gasteiger partial charge on any atom is -0.423 e. The molecule has 0 radical (unpaired) electrons. The maximum Gasteiger partial charge on any atom is 0.488 e. The molecule has 0 amide bonds. The number of aromatic nitrogens is 2. The lowest BCUT2D eigenvalue weighted by Gasteiger charge is -2.10. The molecule has 0 atom stereocenters. The number of rotatable bonds is 7. The van der Waals surface area contributed by atoms with E-state index in [-0.39, 0.29) is 0 Å². The number of hydrogen-bond acceptors (Lipinski definition) is 4. The van der Waals surface area contributed by atoms with E-state index in [1.165, 1.54) is 6.08 Å². The number of nitrogens with zero attached hydrogens (tertiary/aromatic N) is 2. The lowest BCUT2D eigenvalue weighted by molar-refractivity contribution is 0.426. The molecule has 200 valence electrons. The SMILES string of the molecule is C=C/C=C\C(=C/C)n1c2ccc(-c3cccnc3)cc2c2ccc(B(O)O)cc21.C=CC=C.C=CC=N.CC. The molecule has 0 unspecified atom stereocenters. The highest BCUT2D eigenvalue weighted by Crippen LogP contribution is 2.34. The van der Waals surface area contributed by atoms with Gasteiger partial charge in [0.1, 0.15) is 0 Å². The Morgan fingerprint density at radius 1 is 0.872 bits per heavy atom. The van der Waals surface area contributed by atoms with Gasteiger partial charge in [-0.25, -0.2) is 0 Å². The molecule has 0 aliphatic carbocycles. The first-order valence-electron chi connectivity index (χ1n) is 12.6. The third kappa shape index (κ3) is 8.78. The van der Waals surface area contributed by atoms with Gasteiger partial charge in [-0.3, -0.25) is 4.98 Å². The summed E-state index contributed by atoms with van der Waals surface area (Å²) in [6.07, 6.45) is 17.1. The van der Waals surface area contributed by atoms with Crippen molar-refractivity contribution in [2.45, 2.75) is 20.8 Å². The quantitative estimate of drug-likeness (QED) is 0.136. The summed E-state index contributed by atoms with van der Waals surface area (Å²) in [6, 6.07) is 15.8. The van der Waals surface area contributed by atoms with Crippen molar-refractivity contribution in [3.63, 3.8) is 0 Å². The Bertz CT molecular complexity index is 1420. The molecule has 3 N–H and O–H groups in total. The van der Waals surface area contributed by atoms with E-state index in [9.17, 15) is 10.0 Å². The highest BCUT2D eigenvalue weighted by atomic mass is 16.4. The van der Waals surface area contributed by atoms with Gasteiger partial charge in [-0.15, -0.1) is 0 Å². The minimum atomic E-state index is -1.52. The average Bonchev–Trinajstić information content (AvgIpc) is 3.32. The Kier molecular flexibility index (Phi) is 14.9. The van der Waals surface area contributed by atoms with E-state index >= 15 is 0 Å². The molecular weight excluding hydrogens is 481 g/mol. The molecule has 4 rings (SSSR count). The maximum atomic E-state index is 9.68. The first-order chi connectivity index (χ1) is 19.0. The van der Waals surface area contributed by atoms with E-state index < -0.39 is 7.12 Å². The smallest absolute Gasteiger partial charge is 0.423 e. The van der Waals surface area contributed by atoms with Gasteiger partial charge in [0, 0.05) is 40.6 Å². The van der Waals surface area contributed by atoms with Crippen molar-refractivity contribution in [3.05, 3.63) is 130 Å². The monoisotopic (exact) mass is 519 g/mol. The summed E-state index contributed by atoms with van der Waals surface area (Å²) < 4.78 is 2.13. The van der Waals surface area contributed by atoms with Crippen LogP contribution in [0.4, 0.5) is 0 Å². The number of fused-ring (bicyclic) bond motifs is 3. The van der Waals surface area contributed by atoms with Crippen molar-refractivity contribution in [2.75, 3.05) is 0 Å². The van der Waals surface area contributed by atoms with Crippen LogP contribution in [0.3, 0.4) is 0 Å². The van der Waals surface area contributed by atoms with Crippen molar-refractivity contribution < 1.29 is 10.0 Å². The van der Waals surface area contributed by atoms with Crippen LogP contribution in [0.2, 0.25) is 0 Å². The summed E-state index contributed by atoms with van der Waals surface area (Å²) in [7, 11) is -1.52. The van der Waals surface area contributed by atoms with E-state index in [4.69, 9.17) is 5.41 Å². The summed E-state index contributed by atoms with van der Waals surface area (Å²) in [5.41, 5.74) is 5.52. The third-order valence-corrected chi connectivity index (χ3v) is 5.32. The Morgan fingerprint density at radius 3 is 2.08 bits per heavy atom. The predicted octanol–water partition coefficient (Wildman–Crippen LogP) is 7.35. The van der Waals surface area contributed by atoms with Crippen molar-refractivity contribution in [3.8, 4) is 11.1 Å². The Morgan fingerprint density at radius 2 is 1.56 bits per heavy atom. The third-order valence-electron chi connectivity index (χ3n) is 5.32. The van der Waals surface area contributed by atoms with Gasteiger partial charge >= 0.3 is 7.12 Å². The van der Waals surface area contributed by atoms with Gasteiger partial charge in [-0.2, -0.15) is 0 Å². The molecule has 0 saturated heterocycles. The lowest BCUT2D eigenvalue weighted by Crippen LogP contribution is -2.29. The van der Waals surface area contributed by atoms with Crippen LogP contribution in [0, 0.1) is 5.41 Å². The van der Waals surface area contributed by atoms with Crippen LogP contribution in [0.5, 0.6) is 0 Å². The lowest BCUT2D eigenvalue weighted by atomic mass is 9.80. The fraction of sp³-hybridized carbons (Fsp3) is 0.0909. The highest BCUT2D eigenvalue weighted by molar-refractivity contribution is 6.59. The number of benzene rings is 2. The van der Waals surface area contributed by atoms with Crippen molar-refractivity contribution in [1.82, 2.24) is 9.55 Å². The van der Waals surface area contributed by atoms with Gasteiger partial charge in [-0.05, 0) is 48.3 Å². The van der Waals surface area contributed by atoms with Crippen LogP contribution < -0.4 is 5.46 Å². The summed E-state index contributed by atoms with van der Waals surface area (Å²) in [5.74, 6) is 0. The van der Waals surface area contributed by atoms with Crippen LogP contribution >= 0.6 is 0 Å². The number of nitrogens with one attached hydrogen (secondary N) is 1. The molecule has 6 heteroatoms. The second-order valence-corrected chi connectivity index (χ2v) is 7.64. The van der Waals surface area contributed by atoms with Crippen LogP contribution in [-0.2, 0) is 0 Å². The van der Waals surface area contributed by atoms with Gasteiger partial charge in [0.25, 0.3) is 0 Å². The molecule has 0 aliphatic rings. The second-order valence-electron chi connectivity index (χ2n) is 7.64. The van der Waals surface area contributed by atoms with Gasteiger partial charge in [0.05, 0.1) is 11.0 Å². The zero-order chi connectivity index (χ0) is 29.2. The van der Waals surface area contributed by atoms with Crippen LogP contribution in [0.1, 0.15) is 20.8 Å². The molecule has 0 fully saturated rings. The fourth-order valence-electron chi connectivity index (χ4n) is 3.66. The minimum absolute atomic E-state index is 0.456. The molecule has 0 bridgehead atoms. The van der Waals surface area contributed by atoms with Gasteiger partial charge in [-0.1, -0.05) is 101 Å². The highest BCUT2D eigenvalue weighted by Gasteiger charge is 2.17. The van der Waals surface area contributed by atoms with Gasteiger partial charge in [0.15, 0.2) is 0 Å². The van der Waals surface area contributed by atoms with Gasteiger partial charge < -0.3 is 20.0 Å². The fourth-order valence-corrected chi connectivity index (χ4v) is 3.66. The summed E-state index contributed by atoms with van der Waals surface area (Å²) >= 11 is 0. The molecule has 2 aromatic carbocycles. The molecule has 2 aromatic heterocycles. The molecule has 39 heavy (non-hydrogen) atoms. The number of hydrogen-bond donors (Lipinski definition) is 3. The first kappa shape index (κ1) is 32.5. The molecule has 5 nitrogen and oxygen atoms in total. The summed E-state index contributed by atoms with van der Waals surface area (Å²) in [6.45, 7) is 19.7. The Hall–Kier alpha value is -4.52. The van der Waals surface area contributed by atoms with Crippen molar-refractivity contribution in [2.24, 2.45) is 0 Å². The van der Waals surface area contributed by atoms with Crippen LogP contribution in [0.25, 0.3) is 38.6 Å². The number of allylic oxidation sites excluding steroid dienone is 8. The van der Waals surface area contributed by atoms with E-state index in [0.717, 1.165) is 44.8 Å². The van der Waals surface area contributed by atoms with Crippen LogP contribution in [-0.4, -0.2) is 32.9 Å². The molecular formula is C33H38BN3O2. The largest absolute Gasteiger partial charge is 0.488 e. The topological polar surface area (TPSA) is 82.1 Å². The van der Waals surface area contributed by atoms with E-state index in [0.29, 0.717) is 5.46 Å². The molecule has 0 aliphatic heterocycles. The Labute approximate surface area is 232 Å². The van der Waals surface area contributed by atoms with Gasteiger partial charge in [0.2, 0.25) is 0 Å². The molecule has 4 aromatic rings. The maximum absolute atomic E-state index is 9.68. The van der Waals surface area contributed by atoms with E-state index in [1.54, 1.807) is 30.5 Å². The van der Waals surface area contributed by atoms with Crippen LogP contribution in [0.15, 0.2) is 130 Å². The molecule has 0 saturated carbocycles. The second kappa shape index (κ2) is 17.9. The summed E-state index contributed by atoms with van der Waals surface area (Å²) in [4.78, 5) is 4.23. The predicted molar refractivity (Wildman–Crippen MR) is 173 cm³/mol.